The fourth-order valence-corrected chi connectivity index (χ4v) is 4.72. The van der Waals surface area contributed by atoms with Crippen molar-refractivity contribution >= 4 is 65.2 Å². The van der Waals surface area contributed by atoms with Crippen molar-refractivity contribution in [2.24, 2.45) is 0 Å². The Balaban J connectivity index is 2.39. The molecule has 94 valence electrons. The molecule has 0 atom stereocenters. The van der Waals surface area contributed by atoms with Gasteiger partial charge in [0.05, 0.1) is 0 Å². The van der Waals surface area contributed by atoms with E-state index in [4.69, 9.17) is 0 Å². The van der Waals surface area contributed by atoms with Gasteiger partial charge in [-0.15, -0.1) is 0 Å². The Morgan fingerprint density at radius 2 is 1.53 bits per heavy atom. The maximum absolute atomic E-state index is 3.78. The van der Waals surface area contributed by atoms with Crippen molar-refractivity contribution in [3.8, 4) is 11.1 Å². The molecule has 0 aliphatic heterocycles. The van der Waals surface area contributed by atoms with E-state index in [9.17, 15) is 0 Å². The van der Waals surface area contributed by atoms with Gasteiger partial charge in [-0.25, -0.2) is 0 Å². The highest BCUT2D eigenvalue weighted by molar-refractivity contribution is 14.1. The molecule has 0 fully saturated rings. The molecule has 0 heterocycles. The lowest BCUT2D eigenvalue weighted by molar-refractivity contribution is 1.56. The third-order valence-electron chi connectivity index (χ3n) is 3.08. The van der Waals surface area contributed by atoms with Crippen LogP contribution in [0.1, 0.15) is 0 Å². The molecule has 0 saturated heterocycles. The molecule has 0 aromatic heterocycles. The molecule has 19 heavy (non-hydrogen) atoms. The van der Waals surface area contributed by atoms with Gasteiger partial charge < -0.3 is 0 Å². The zero-order chi connectivity index (χ0) is 13.4. The van der Waals surface area contributed by atoms with Crippen LogP contribution in [0.5, 0.6) is 0 Å². The lowest BCUT2D eigenvalue weighted by atomic mass is 10.0. The second-order valence-electron chi connectivity index (χ2n) is 4.25. The number of rotatable bonds is 1. The fraction of sp³-hybridized carbons (Fsp3) is 0. The summed E-state index contributed by atoms with van der Waals surface area (Å²) >= 11 is 9.82. The summed E-state index contributed by atoms with van der Waals surface area (Å²) in [6.07, 6.45) is 0. The highest BCUT2D eigenvalue weighted by Crippen LogP contribution is 2.40. The number of halogens is 3. The third kappa shape index (κ3) is 2.48. The van der Waals surface area contributed by atoms with E-state index in [0.717, 1.165) is 8.95 Å². The third-order valence-corrected chi connectivity index (χ3v) is 5.45. The molecular formula is C16H9Br2I. The summed E-state index contributed by atoms with van der Waals surface area (Å²) in [5.74, 6) is 0. The Morgan fingerprint density at radius 1 is 0.842 bits per heavy atom. The van der Waals surface area contributed by atoms with Crippen molar-refractivity contribution in [1.29, 1.82) is 0 Å². The zero-order valence-corrected chi connectivity index (χ0v) is 15.2. The SMILES string of the molecule is Brc1ccccc1-c1c(I)cc2ccccc2c1Br. The van der Waals surface area contributed by atoms with E-state index in [0.29, 0.717) is 0 Å². The van der Waals surface area contributed by atoms with Crippen LogP contribution in [0.25, 0.3) is 21.9 Å². The van der Waals surface area contributed by atoms with Crippen LogP contribution in [-0.2, 0) is 0 Å². The average molecular weight is 488 g/mol. The Labute approximate surface area is 142 Å². The second-order valence-corrected chi connectivity index (χ2v) is 7.06. The van der Waals surface area contributed by atoms with Gasteiger partial charge in [-0.2, -0.15) is 0 Å². The molecule has 0 bridgehead atoms. The van der Waals surface area contributed by atoms with Gasteiger partial charge in [0.25, 0.3) is 0 Å². The van der Waals surface area contributed by atoms with E-state index >= 15 is 0 Å². The quantitative estimate of drug-likeness (QED) is 0.338. The summed E-state index contributed by atoms with van der Waals surface area (Å²) in [5, 5.41) is 2.50. The van der Waals surface area contributed by atoms with E-state index in [-0.39, 0.29) is 0 Å². The van der Waals surface area contributed by atoms with Crippen LogP contribution in [0.3, 0.4) is 0 Å². The molecule has 0 saturated carbocycles. The second kappa shape index (κ2) is 5.54. The summed E-state index contributed by atoms with van der Waals surface area (Å²) in [5.41, 5.74) is 2.45. The van der Waals surface area contributed by atoms with E-state index in [1.54, 1.807) is 0 Å². The van der Waals surface area contributed by atoms with Gasteiger partial charge in [0, 0.05) is 18.1 Å². The van der Waals surface area contributed by atoms with E-state index < -0.39 is 0 Å². The predicted octanol–water partition coefficient (Wildman–Crippen LogP) is 6.64. The van der Waals surface area contributed by atoms with Crippen molar-refractivity contribution in [1.82, 2.24) is 0 Å². The first kappa shape index (κ1) is 13.6. The molecule has 3 heteroatoms. The largest absolute Gasteiger partial charge is 0.0616 e. The molecule has 3 aromatic carbocycles. The van der Waals surface area contributed by atoms with Gasteiger partial charge in [-0.1, -0.05) is 58.4 Å². The minimum atomic E-state index is 1.11. The summed E-state index contributed by atoms with van der Waals surface area (Å²) in [6.45, 7) is 0. The smallest absolute Gasteiger partial charge is 0.0343 e. The van der Waals surface area contributed by atoms with Gasteiger partial charge in [0.1, 0.15) is 0 Å². The summed E-state index contributed by atoms with van der Waals surface area (Å²) < 4.78 is 3.51. The molecule has 0 aliphatic carbocycles. The lowest BCUT2D eigenvalue weighted by Gasteiger charge is -2.12. The molecule has 0 aliphatic rings. The number of fused-ring (bicyclic) bond motifs is 1. The molecule has 0 N–H and O–H groups in total. The maximum Gasteiger partial charge on any atom is 0.0343 e. The van der Waals surface area contributed by atoms with Gasteiger partial charge in [0.2, 0.25) is 0 Å². The van der Waals surface area contributed by atoms with Crippen LogP contribution in [0.2, 0.25) is 0 Å². The molecule has 3 rings (SSSR count). The molecular weight excluding hydrogens is 479 g/mol. The van der Waals surface area contributed by atoms with Crippen LogP contribution in [0, 0.1) is 3.57 Å². The van der Waals surface area contributed by atoms with Crippen molar-refractivity contribution in [3.63, 3.8) is 0 Å². The first-order valence-corrected chi connectivity index (χ1v) is 8.46. The Bertz CT molecular complexity index is 766. The highest BCUT2D eigenvalue weighted by atomic mass is 127. The molecule has 0 amide bonds. The normalized spacial score (nSPS) is 10.9. The van der Waals surface area contributed by atoms with Crippen molar-refractivity contribution in [2.45, 2.75) is 0 Å². The van der Waals surface area contributed by atoms with Gasteiger partial charge in [-0.05, 0) is 67.0 Å². The topological polar surface area (TPSA) is 0 Å². The molecule has 0 spiro atoms. The average Bonchev–Trinajstić information content (AvgIpc) is 2.41. The fourth-order valence-electron chi connectivity index (χ4n) is 2.18. The number of benzene rings is 3. The molecule has 0 radical (unpaired) electrons. The van der Waals surface area contributed by atoms with E-state index in [1.807, 2.05) is 6.07 Å². The van der Waals surface area contributed by atoms with Crippen LogP contribution < -0.4 is 0 Å². The van der Waals surface area contributed by atoms with Gasteiger partial charge >= 0.3 is 0 Å². The molecule has 0 nitrogen and oxygen atoms in total. The van der Waals surface area contributed by atoms with Crippen LogP contribution in [0.15, 0.2) is 63.5 Å². The van der Waals surface area contributed by atoms with Gasteiger partial charge in [-0.3, -0.25) is 0 Å². The van der Waals surface area contributed by atoms with E-state index in [1.165, 1.54) is 25.5 Å². The van der Waals surface area contributed by atoms with Crippen molar-refractivity contribution in [3.05, 3.63) is 67.1 Å². The standard InChI is InChI=1S/C16H9Br2I/c17-13-8-4-3-7-12(13)15-14(19)9-10-5-1-2-6-11(10)16(15)18/h1-9H. The lowest BCUT2D eigenvalue weighted by Crippen LogP contribution is -1.88. The summed E-state index contributed by atoms with van der Waals surface area (Å²) in [4.78, 5) is 0. The van der Waals surface area contributed by atoms with Crippen molar-refractivity contribution < 1.29 is 0 Å². The summed E-state index contributed by atoms with van der Waals surface area (Å²) in [6, 6.07) is 19.0. The number of hydrogen-bond acceptors (Lipinski definition) is 0. The first-order valence-electron chi connectivity index (χ1n) is 5.80. The zero-order valence-electron chi connectivity index (χ0n) is 9.83. The van der Waals surface area contributed by atoms with E-state index in [2.05, 4.69) is 103 Å². The predicted molar refractivity (Wildman–Crippen MR) is 97.5 cm³/mol. The Hall–Kier alpha value is -0.390. The molecule has 0 unspecified atom stereocenters. The minimum Gasteiger partial charge on any atom is -0.0616 e. The van der Waals surface area contributed by atoms with Crippen LogP contribution in [-0.4, -0.2) is 0 Å². The summed E-state index contributed by atoms with van der Waals surface area (Å²) in [7, 11) is 0. The minimum absolute atomic E-state index is 1.11. The molecule has 3 aromatic rings. The van der Waals surface area contributed by atoms with Crippen LogP contribution >= 0.6 is 54.5 Å². The monoisotopic (exact) mass is 486 g/mol. The maximum atomic E-state index is 3.78. The Kier molecular flexibility index (Phi) is 3.96. The van der Waals surface area contributed by atoms with Crippen molar-refractivity contribution in [2.75, 3.05) is 0 Å². The number of hydrogen-bond donors (Lipinski definition) is 0. The first-order chi connectivity index (χ1) is 9.18. The Morgan fingerprint density at radius 3 is 2.32 bits per heavy atom. The van der Waals surface area contributed by atoms with Gasteiger partial charge in [0.15, 0.2) is 0 Å². The highest BCUT2D eigenvalue weighted by Gasteiger charge is 2.13. The van der Waals surface area contributed by atoms with Crippen LogP contribution in [0.4, 0.5) is 0 Å².